The van der Waals surface area contributed by atoms with Crippen LogP contribution in [0.3, 0.4) is 0 Å². The fraction of sp³-hybridized carbons (Fsp3) is 0.364. The van der Waals surface area contributed by atoms with Gasteiger partial charge < -0.3 is 10.1 Å². The minimum atomic E-state index is -0.416. The van der Waals surface area contributed by atoms with E-state index in [4.69, 9.17) is 23.2 Å². The Morgan fingerprint density at radius 1 is 1.50 bits per heavy atom. The Kier molecular flexibility index (Phi) is 4.90. The van der Waals surface area contributed by atoms with E-state index in [1.807, 2.05) is 6.92 Å². The third-order valence-corrected chi connectivity index (χ3v) is 2.99. The second kappa shape index (κ2) is 5.97. The fourth-order valence-electron chi connectivity index (χ4n) is 1.27. The number of anilines is 1. The number of hydrogen-bond donors (Lipinski definition) is 1. The Hall–Kier alpha value is -0.930. The number of ether oxygens (including phenoxy) is 1. The first-order valence-electron chi connectivity index (χ1n) is 4.88. The summed E-state index contributed by atoms with van der Waals surface area (Å²) in [6.07, 6.45) is 0.607. The van der Waals surface area contributed by atoms with Crippen molar-refractivity contribution in [1.82, 2.24) is 0 Å². The van der Waals surface area contributed by atoms with Gasteiger partial charge in [0, 0.05) is 0 Å². The van der Waals surface area contributed by atoms with Crippen molar-refractivity contribution in [2.75, 3.05) is 12.4 Å². The van der Waals surface area contributed by atoms with E-state index in [9.17, 15) is 4.79 Å². The highest BCUT2D eigenvalue weighted by Gasteiger charge is 2.17. The van der Waals surface area contributed by atoms with Crippen molar-refractivity contribution in [3.05, 3.63) is 28.2 Å². The van der Waals surface area contributed by atoms with Gasteiger partial charge in [-0.3, -0.25) is 0 Å². The van der Waals surface area contributed by atoms with E-state index in [2.05, 4.69) is 10.1 Å². The van der Waals surface area contributed by atoms with Crippen LogP contribution >= 0.6 is 23.2 Å². The van der Waals surface area contributed by atoms with E-state index in [1.165, 1.54) is 7.11 Å². The van der Waals surface area contributed by atoms with Crippen molar-refractivity contribution in [2.45, 2.75) is 19.4 Å². The SMILES string of the molecule is CCC(Nc1cccc(Cl)c1Cl)C(=O)OC. The molecule has 0 radical (unpaired) electrons. The first-order chi connectivity index (χ1) is 7.60. The van der Waals surface area contributed by atoms with Gasteiger partial charge in [-0.05, 0) is 18.6 Å². The number of carbonyl (C=O) groups excluding carboxylic acids is 1. The number of rotatable bonds is 4. The monoisotopic (exact) mass is 261 g/mol. The van der Waals surface area contributed by atoms with Crippen LogP contribution in [0.25, 0.3) is 0 Å². The summed E-state index contributed by atoms with van der Waals surface area (Å²) >= 11 is 11.9. The molecule has 1 atom stereocenters. The summed E-state index contributed by atoms with van der Waals surface area (Å²) in [6, 6.07) is 4.80. The highest BCUT2D eigenvalue weighted by Crippen LogP contribution is 2.30. The molecular formula is C11H13Cl2NO2. The van der Waals surface area contributed by atoms with Crippen LogP contribution in [0.5, 0.6) is 0 Å². The van der Waals surface area contributed by atoms with Gasteiger partial charge in [0.15, 0.2) is 0 Å². The molecule has 3 nitrogen and oxygen atoms in total. The highest BCUT2D eigenvalue weighted by atomic mass is 35.5. The lowest BCUT2D eigenvalue weighted by molar-refractivity contribution is -0.141. The van der Waals surface area contributed by atoms with E-state index in [0.717, 1.165) is 0 Å². The van der Waals surface area contributed by atoms with E-state index in [-0.39, 0.29) is 5.97 Å². The second-order valence-electron chi connectivity index (χ2n) is 3.23. The Balaban J connectivity index is 2.86. The summed E-state index contributed by atoms with van der Waals surface area (Å²) in [6.45, 7) is 1.88. The summed E-state index contributed by atoms with van der Waals surface area (Å²) < 4.78 is 4.67. The van der Waals surface area contributed by atoms with Crippen LogP contribution < -0.4 is 5.32 Å². The molecule has 0 saturated heterocycles. The summed E-state index contributed by atoms with van der Waals surface area (Å²) in [5, 5.41) is 3.86. The topological polar surface area (TPSA) is 38.3 Å². The summed E-state index contributed by atoms with van der Waals surface area (Å²) in [5.41, 5.74) is 0.631. The first kappa shape index (κ1) is 13.1. The van der Waals surface area contributed by atoms with Gasteiger partial charge in [0.25, 0.3) is 0 Å². The predicted molar refractivity (Wildman–Crippen MR) is 66.2 cm³/mol. The summed E-state index contributed by atoms with van der Waals surface area (Å²) in [5.74, 6) is -0.321. The maximum atomic E-state index is 11.4. The lowest BCUT2D eigenvalue weighted by Crippen LogP contribution is -2.29. The zero-order chi connectivity index (χ0) is 12.1. The average molecular weight is 262 g/mol. The minimum Gasteiger partial charge on any atom is -0.467 e. The number of nitrogens with one attached hydrogen (secondary N) is 1. The lowest BCUT2D eigenvalue weighted by atomic mass is 10.2. The molecule has 0 fully saturated rings. The zero-order valence-electron chi connectivity index (χ0n) is 9.09. The van der Waals surface area contributed by atoms with Crippen molar-refractivity contribution in [3.8, 4) is 0 Å². The quantitative estimate of drug-likeness (QED) is 0.845. The van der Waals surface area contributed by atoms with E-state index >= 15 is 0 Å². The van der Waals surface area contributed by atoms with Gasteiger partial charge >= 0.3 is 5.97 Å². The molecule has 0 aromatic heterocycles. The van der Waals surface area contributed by atoms with Crippen LogP contribution in [0.1, 0.15) is 13.3 Å². The molecule has 0 bridgehead atoms. The molecule has 1 unspecified atom stereocenters. The van der Waals surface area contributed by atoms with Crippen LogP contribution in [0.2, 0.25) is 10.0 Å². The molecule has 0 amide bonds. The summed E-state index contributed by atoms with van der Waals surface area (Å²) in [4.78, 5) is 11.4. The van der Waals surface area contributed by atoms with E-state index < -0.39 is 6.04 Å². The molecule has 0 aliphatic carbocycles. The molecule has 16 heavy (non-hydrogen) atoms. The van der Waals surface area contributed by atoms with Gasteiger partial charge in [-0.2, -0.15) is 0 Å². The van der Waals surface area contributed by atoms with Crippen molar-refractivity contribution < 1.29 is 9.53 Å². The number of methoxy groups -OCH3 is 1. The molecule has 1 aromatic rings. The van der Waals surface area contributed by atoms with Gasteiger partial charge in [-0.15, -0.1) is 0 Å². The maximum absolute atomic E-state index is 11.4. The molecule has 1 N–H and O–H groups in total. The highest BCUT2D eigenvalue weighted by molar-refractivity contribution is 6.43. The van der Waals surface area contributed by atoms with Gasteiger partial charge in [0.1, 0.15) is 6.04 Å². The van der Waals surface area contributed by atoms with E-state index in [0.29, 0.717) is 22.2 Å². The Morgan fingerprint density at radius 2 is 2.19 bits per heavy atom. The zero-order valence-corrected chi connectivity index (χ0v) is 10.6. The molecule has 88 valence electrons. The van der Waals surface area contributed by atoms with Crippen molar-refractivity contribution >= 4 is 34.9 Å². The minimum absolute atomic E-state index is 0.321. The largest absolute Gasteiger partial charge is 0.467 e. The van der Waals surface area contributed by atoms with Crippen LogP contribution in [0.15, 0.2) is 18.2 Å². The molecule has 0 aliphatic heterocycles. The molecule has 0 aliphatic rings. The summed E-state index contributed by atoms with van der Waals surface area (Å²) in [7, 11) is 1.35. The molecule has 1 aromatic carbocycles. The molecule has 0 saturated carbocycles. The molecule has 1 rings (SSSR count). The van der Waals surface area contributed by atoms with Crippen LogP contribution in [0, 0.1) is 0 Å². The number of hydrogen-bond acceptors (Lipinski definition) is 3. The van der Waals surface area contributed by atoms with Crippen LogP contribution in [-0.4, -0.2) is 19.1 Å². The lowest BCUT2D eigenvalue weighted by Gasteiger charge is -2.17. The Morgan fingerprint density at radius 3 is 2.75 bits per heavy atom. The Bertz CT molecular complexity index is 382. The van der Waals surface area contributed by atoms with Gasteiger partial charge in [0.05, 0.1) is 22.8 Å². The third-order valence-electron chi connectivity index (χ3n) is 2.18. The van der Waals surface area contributed by atoms with Crippen molar-refractivity contribution in [1.29, 1.82) is 0 Å². The van der Waals surface area contributed by atoms with Crippen molar-refractivity contribution in [3.63, 3.8) is 0 Å². The van der Waals surface area contributed by atoms with Gasteiger partial charge in [-0.25, -0.2) is 4.79 Å². The molecule has 0 heterocycles. The Labute approximate surface area is 105 Å². The van der Waals surface area contributed by atoms with Crippen LogP contribution in [0.4, 0.5) is 5.69 Å². The fourth-order valence-corrected chi connectivity index (χ4v) is 1.63. The van der Waals surface area contributed by atoms with Gasteiger partial charge in [0.2, 0.25) is 0 Å². The number of carbonyl (C=O) groups is 1. The first-order valence-corrected chi connectivity index (χ1v) is 5.64. The average Bonchev–Trinajstić information content (AvgIpc) is 2.30. The number of halogens is 2. The second-order valence-corrected chi connectivity index (χ2v) is 4.01. The number of benzene rings is 1. The smallest absolute Gasteiger partial charge is 0.328 e. The van der Waals surface area contributed by atoms with Crippen LogP contribution in [-0.2, 0) is 9.53 Å². The third kappa shape index (κ3) is 3.03. The molecule has 5 heteroatoms. The molecule has 0 spiro atoms. The normalized spacial score (nSPS) is 12.0. The number of esters is 1. The van der Waals surface area contributed by atoms with Crippen molar-refractivity contribution in [2.24, 2.45) is 0 Å². The van der Waals surface area contributed by atoms with E-state index in [1.54, 1.807) is 18.2 Å². The molecular weight excluding hydrogens is 249 g/mol. The maximum Gasteiger partial charge on any atom is 0.328 e. The standard InChI is InChI=1S/C11H13Cl2NO2/c1-3-8(11(15)16-2)14-9-6-4-5-7(12)10(9)13/h4-6,8,14H,3H2,1-2H3. The predicted octanol–water partition coefficient (Wildman–Crippen LogP) is 3.36. The van der Waals surface area contributed by atoms with Gasteiger partial charge in [-0.1, -0.05) is 36.2 Å².